The second kappa shape index (κ2) is 6.35. The van der Waals surface area contributed by atoms with Crippen molar-refractivity contribution < 1.29 is 0 Å². The molecule has 0 spiro atoms. The van der Waals surface area contributed by atoms with Gasteiger partial charge in [0.2, 0.25) is 0 Å². The van der Waals surface area contributed by atoms with E-state index in [-0.39, 0.29) is 0 Å². The van der Waals surface area contributed by atoms with Gasteiger partial charge in [-0.15, -0.1) is 0 Å². The Morgan fingerprint density at radius 3 is 2.84 bits per heavy atom. The fraction of sp³-hybridized carbons (Fsp3) is 0.200. The Morgan fingerprint density at radius 2 is 2.16 bits per heavy atom. The average molecular weight is 316 g/mol. The smallest absolute Gasteiger partial charge is 0.101 e. The number of rotatable bonds is 4. The summed E-state index contributed by atoms with van der Waals surface area (Å²) < 4.78 is 0.922. The molecular weight excluding hydrogens is 302 g/mol. The number of nitriles is 1. The van der Waals surface area contributed by atoms with Gasteiger partial charge in [-0.2, -0.15) is 5.26 Å². The lowest BCUT2D eigenvalue weighted by Crippen LogP contribution is -2.21. The van der Waals surface area contributed by atoms with Crippen LogP contribution in [0.3, 0.4) is 0 Å². The third-order valence-electron chi connectivity index (χ3n) is 2.92. The third kappa shape index (κ3) is 3.55. The van der Waals surface area contributed by atoms with E-state index in [4.69, 9.17) is 5.26 Å². The Hall–Kier alpha value is -1.86. The summed E-state index contributed by atoms with van der Waals surface area (Å²) >= 11 is 3.38. The Labute approximate surface area is 121 Å². The summed E-state index contributed by atoms with van der Waals surface area (Å²) in [6.07, 6.45) is 2.66. The molecule has 4 heteroatoms. The van der Waals surface area contributed by atoms with Crippen LogP contribution in [-0.2, 0) is 6.42 Å². The molecule has 1 heterocycles. The van der Waals surface area contributed by atoms with Crippen LogP contribution in [0.2, 0.25) is 0 Å². The summed E-state index contributed by atoms with van der Waals surface area (Å²) in [5, 5.41) is 9.17. The quantitative estimate of drug-likeness (QED) is 0.868. The molecule has 19 heavy (non-hydrogen) atoms. The number of hydrogen-bond acceptors (Lipinski definition) is 3. The number of pyridine rings is 1. The Morgan fingerprint density at radius 1 is 1.32 bits per heavy atom. The van der Waals surface area contributed by atoms with Gasteiger partial charge in [-0.05, 0) is 30.3 Å². The van der Waals surface area contributed by atoms with Gasteiger partial charge in [0, 0.05) is 36.4 Å². The van der Waals surface area contributed by atoms with Crippen LogP contribution in [0.25, 0.3) is 0 Å². The van der Waals surface area contributed by atoms with Crippen molar-refractivity contribution in [1.82, 2.24) is 4.98 Å². The molecule has 2 rings (SSSR count). The third-order valence-corrected chi connectivity index (χ3v) is 3.41. The van der Waals surface area contributed by atoms with Crippen LogP contribution < -0.4 is 4.90 Å². The number of benzene rings is 1. The SMILES string of the molecule is CN(CCc1ccccn1)c1ccc(Br)cc1C#N. The number of hydrogen-bond donors (Lipinski definition) is 0. The first kappa shape index (κ1) is 13.6. The first-order valence-electron chi connectivity index (χ1n) is 6.01. The molecule has 1 aromatic heterocycles. The summed E-state index contributed by atoms with van der Waals surface area (Å²) in [4.78, 5) is 6.38. The maximum atomic E-state index is 9.17. The van der Waals surface area contributed by atoms with E-state index in [0.29, 0.717) is 5.56 Å². The molecule has 0 N–H and O–H groups in total. The Kier molecular flexibility index (Phi) is 4.53. The molecule has 0 aliphatic rings. The molecule has 0 aliphatic heterocycles. The van der Waals surface area contributed by atoms with E-state index in [0.717, 1.165) is 28.8 Å². The number of halogens is 1. The second-order valence-corrected chi connectivity index (χ2v) is 5.18. The summed E-state index contributed by atoms with van der Waals surface area (Å²) in [6, 6.07) is 13.9. The van der Waals surface area contributed by atoms with E-state index in [1.807, 2.05) is 43.4 Å². The lowest BCUT2D eigenvalue weighted by Gasteiger charge is -2.20. The maximum absolute atomic E-state index is 9.17. The topological polar surface area (TPSA) is 39.9 Å². The normalized spacial score (nSPS) is 9.95. The van der Waals surface area contributed by atoms with Crippen molar-refractivity contribution in [1.29, 1.82) is 5.26 Å². The molecule has 96 valence electrons. The summed E-state index contributed by atoms with van der Waals surface area (Å²) in [6.45, 7) is 0.827. The second-order valence-electron chi connectivity index (χ2n) is 4.27. The van der Waals surface area contributed by atoms with Crippen molar-refractivity contribution in [2.45, 2.75) is 6.42 Å². The molecule has 0 saturated carbocycles. The van der Waals surface area contributed by atoms with Gasteiger partial charge < -0.3 is 4.90 Å². The van der Waals surface area contributed by atoms with Gasteiger partial charge in [-0.25, -0.2) is 0 Å². The van der Waals surface area contributed by atoms with E-state index >= 15 is 0 Å². The van der Waals surface area contributed by atoms with E-state index < -0.39 is 0 Å². The summed E-state index contributed by atoms with van der Waals surface area (Å²) in [5.74, 6) is 0. The first-order chi connectivity index (χ1) is 9.20. The zero-order chi connectivity index (χ0) is 13.7. The molecule has 0 amide bonds. The van der Waals surface area contributed by atoms with Crippen molar-refractivity contribution in [3.63, 3.8) is 0 Å². The molecule has 0 aliphatic carbocycles. The van der Waals surface area contributed by atoms with Crippen LogP contribution in [-0.4, -0.2) is 18.6 Å². The van der Waals surface area contributed by atoms with Crippen molar-refractivity contribution in [3.8, 4) is 6.07 Å². The van der Waals surface area contributed by atoms with Gasteiger partial charge >= 0.3 is 0 Å². The van der Waals surface area contributed by atoms with E-state index in [1.54, 1.807) is 6.20 Å². The molecule has 3 nitrogen and oxygen atoms in total. The van der Waals surface area contributed by atoms with Gasteiger partial charge in [0.25, 0.3) is 0 Å². The fourth-order valence-corrected chi connectivity index (χ4v) is 2.24. The van der Waals surface area contributed by atoms with Crippen LogP contribution in [0.5, 0.6) is 0 Å². The zero-order valence-electron chi connectivity index (χ0n) is 10.7. The molecule has 0 radical (unpaired) electrons. The Bertz CT molecular complexity index is 590. The van der Waals surface area contributed by atoms with Crippen molar-refractivity contribution in [3.05, 3.63) is 58.3 Å². The lowest BCUT2D eigenvalue weighted by atomic mass is 10.1. The summed E-state index contributed by atoms with van der Waals surface area (Å²) in [5.41, 5.74) is 2.68. The molecule has 0 fully saturated rings. The van der Waals surface area contributed by atoms with E-state index in [2.05, 4.69) is 31.9 Å². The van der Waals surface area contributed by atoms with Crippen LogP contribution in [0.4, 0.5) is 5.69 Å². The highest BCUT2D eigenvalue weighted by atomic mass is 79.9. The van der Waals surface area contributed by atoms with Crippen molar-refractivity contribution in [2.75, 3.05) is 18.5 Å². The van der Waals surface area contributed by atoms with Crippen LogP contribution in [0.1, 0.15) is 11.3 Å². The number of nitrogens with zero attached hydrogens (tertiary/aromatic N) is 3. The first-order valence-corrected chi connectivity index (χ1v) is 6.80. The highest BCUT2D eigenvalue weighted by Crippen LogP contribution is 2.23. The average Bonchev–Trinajstić information content (AvgIpc) is 2.45. The lowest BCUT2D eigenvalue weighted by molar-refractivity contribution is 0.851. The summed E-state index contributed by atoms with van der Waals surface area (Å²) in [7, 11) is 1.99. The predicted molar refractivity (Wildman–Crippen MR) is 80.1 cm³/mol. The van der Waals surface area contributed by atoms with Gasteiger partial charge in [0.15, 0.2) is 0 Å². The molecule has 0 saturated heterocycles. The molecule has 0 unspecified atom stereocenters. The standard InChI is InChI=1S/C15H14BrN3/c1-19(9-7-14-4-2-3-8-18-14)15-6-5-13(16)10-12(15)11-17/h2-6,8,10H,7,9H2,1H3. The van der Waals surface area contributed by atoms with E-state index in [1.165, 1.54) is 0 Å². The molecule has 0 atom stereocenters. The van der Waals surface area contributed by atoms with Crippen LogP contribution >= 0.6 is 15.9 Å². The van der Waals surface area contributed by atoms with Crippen LogP contribution in [0, 0.1) is 11.3 Å². The maximum Gasteiger partial charge on any atom is 0.101 e. The minimum absolute atomic E-state index is 0.679. The number of anilines is 1. The highest BCUT2D eigenvalue weighted by Gasteiger charge is 2.08. The van der Waals surface area contributed by atoms with Crippen molar-refractivity contribution >= 4 is 21.6 Å². The van der Waals surface area contributed by atoms with Gasteiger partial charge in [-0.3, -0.25) is 4.98 Å². The van der Waals surface area contributed by atoms with Gasteiger partial charge in [-0.1, -0.05) is 22.0 Å². The molecule has 0 bridgehead atoms. The number of aromatic nitrogens is 1. The van der Waals surface area contributed by atoms with E-state index in [9.17, 15) is 0 Å². The van der Waals surface area contributed by atoms with Gasteiger partial charge in [0.05, 0.1) is 11.3 Å². The minimum Gasteiger partial charge on any atom is -0.373 e. The Balaban J connectivity index is 2.08. The number of likely N-dealkylation sites (N-methyl/N-ethyl adjacent to an activating group) is 1. The minimum atomic E-state index is 0.679. The van der Waals surface area contributed by atoms with Crippen LogP contribution in [0.15, 0.2) is 47.1 Å². The predicted octanol–water partition coefficient (Wildman–Crippen LogP) is 3.39. The zero-order valence-corrected chi connectivity index (χ0v) is 12.3. The molecule has 2 aromatic rings. The fourth-order valence-electron chi connectivity index (χ4n) is 1.88. The monoisotopic (exact) mass is 315 g/mol. The molecule has 1 aromatic carbocycles. The molecular formula is C15H14BrN3. The van der Waals surface area contributed by atoms with Gasteiger partial charge in [0.1, 0.15) is 6.07 Å². The largest absolute Gasteiger partial charge is 0.373 e. The highest BCUT2D eigenvalue weighted by molar-refractivity contribution is 9.10. The van der Waals surface area contributed by atoms with Crippen molar-refractivity contribution in [2.24, 2.45) is 0 Å².